The normalized spacial score (nSPS) is 13.2. The minimum atomic E-state index is -0.212. The minimum absolute atomic E-state index is 0.0113. The summed E-state index contributed by atoms with van der Waals surface area (Å²) in [7, 11) is 0. The molecule has 1 heterocycles. The monoisotopic (exact) mass is 379 g/mol. The van der Waals surface area contributed by atoms with Gasteiger partial charge in [-0.25, -0.2) is 0 Å². The average molecular weight is 379 g/mol. The summed E-state index contributed by atoms with van der Waals surface area (Å²) in [5.74, 6) is 0.296. The van der Waals surface area contributed by atoms with E-state index in [-0.39, 0.29) is 18.3 Å². The zero-order valence-electron chi connectivity index (χ0n) is 10.4. The Hall–Kier alpha value is -1.89. The van der Waals surface area contributed by atoms with Crippen molar-refractivity contribution in [3.8, 4) is 5.75 Å². The van der Waals surface area contributed by atoms with Crippen LogP contribution in [-0.4, -0.2) is 18.3 Å². The van der Waals surface area contributed by atoms with Gasteiger partial charge in [0, 0.05) is 14.7 Å². The van der Waals surface area contributed by atoms with Crippen LogP contribution < -0.4 is 10.1 Å². The van der Waals surface area contributed by atoms with Crippen LogP contribution in [0.1, 0.15) is 15.9 Å². The summed E-state index contributed by atoms with van der Waals surface area (Å²) in [6.07, 6.45) is 0. The lowest BCUT2D eigenvalue weighted by molar-refractivity contribution is -0.118. The maximum atomic E-state index is 12.4. The Kier molecular flexibility index (Phi) is 3.43. The van der Waals surface area contributed by atoms with Gasteiger partial charge in [-0.05, 0) is 65.1 Å². The Labute approximate surface area is 129 Å². The number of halogens is 1. The molecule has 5 heteroatoms. The van der Waals surface area contributed by atoms with E-state index >= 15 is 0 Å². The fraction of sp³-hybridized carbons (Fsp3) is 0.0667. The molecule has 1 aliphatic heterocycles. The molecule has 0 unspecified atom stereocenters. The second kappa shape index (κ2) is 5.24. The molecule has 1 aliphatic rings. The van der Waals surface area contributed by atoms with E-state index in [0.29, 0.717) is 22.6 Å². The highest BCUT2D eigenvalue weighted by Crippen LogP contribution is 2.29. The first-order valence-electron chi connectivity index (χ1n) is 6.00. The van der Waals surface area contributed by atoms with Crippen molar-refractivity contribution in [2.45, 2.75) is 0 Å². The van der Waals surface area contributed by atoms with Gasteiger partial charge >= 0.3 is 0 Å². The van der Waals surface area contributed by atoms with Crippen LogP contribution >= 0.6 is 22.6 Å². The van der Waals surface area contributed by atoms with Crippen LogP contribution in [0.5, 0.6) is 5.75 Å². The van der Waals surface area contributed by atoms with Crippen LogP contribution in [0.3, 0.4) is 0 Å². The number of hydrogen-bond acceptors (Lipinski definition) is 3. The largest absolute Gasteiger partial charge is 0.482 e. The van der Waals surface area contributed by atoms with Gasteiger partial charge in [0.15, 0.2) is 12.4 Å². The van der Waals surface area contributed by atoms with Gasteiger partial charge in [-0.1, -0.05) is 0 Å². The number of ketones is 1. The quantitative estimate of drug-likeness (QED) is 0.645. The first-order chi connectivity index (χ1) is 9.63. The number of ether oxygens (including phenoxy) is 1. The van der Waals surface area contributed by atoms with E-state index in [2.05, 4.69) is 27.9 Å². The predicted molar refractivity (Wildman–Crippen MR) is 83.2 cm³/mol. The molecule has 0 fully saturated rings. The maximum absolute atomic E-state index is 12.4. The molecule has 0 aromatic heterocycles. The Balaban J connectivity index is 1.94. The molecule has 0 aliphatic carbocycles. The maximum Gasteiger partial charge on any atom is 0.262 e. The third kappa shape index (κ3) is 2.53. The van der Waals surface area contributed by atoms with E-state index in [0.717, 1.165) is 3.57 Å². The molecule has 2 aromatic rings. The highest BCUT2D eigenvalue weighted by atomic mass is 127. The molecule has 0 spiro atoms. The first kappa shape index (κ1) is 13.1. The molecule has 0 saturated carbocycles. The van der Waals surface area contributed by atoms with Crippen LogP contribution in [0.15, 0.2) is 42.5 Å². The third-order valence-electron chi connectivity index (χ3n) is 2.98. The van der Waals surface area contributed by atoms with Crippen LogP contribution in [-0.2, 0) is 4.79 Å². The number of amides is 1. The van der Waals surface area contributed by atoms with Gasteiger partial charge < -0.3 is 10.1 Å². The summed E-state index contributed by atoms with van der Waals surface area (Å²) >= 11 is 2.19. The molecule has 0 radical (unpaired) electrons. The van der Waals surface area contributed by atoms with Gasteiger partial charge in [0.25, 0.3) is 5.91 Å². The highest BCUT2D eigenvalue weighted by Gasteiger charge is 2.18. The summed E-state index contributed by atoms with van der Waals surface area (Å²) in [5, 5.41) is 2.70. The third-order valence-corrected chi connectivity index (χ3v) is 3.70. The van der Waals surface area contributed by atoms with Gasteiger partial charge in [0.05, 0.1) is 5.69 Å². The van der Waals surface area contributed by atoms with Crippen LogP contribution in [0.2, 0.25) is 0 Å². The number of carbonyl (C=O) groups excluding carboxylic acids is 2. The molecule has 100 valence electrons. The Morgan fingerprint density at radius 1 is 1.10 bits per heavy atom. The smallest absolute Gasteiger partial charge is 0.262 e. The molecule has 2 aromatic carbocycles. The summed E-state index contributed by atoms with van der Waals surface area (Å²) < 4.78 is 6.34. The standard InChI is InChI=1S/C15H10INO3/c16-11-4-1-9(2-5-11)15(19)10-3-6-13-12(7-10)17-14(18)8-20-13/h1-7H,8H2,(H,17,18). The molecule has 0 atom stereocenters. The molecule has 20 heavy (non-hydrogen) atoms. The highest BCUT2D eigenvalue weighted by molar-refractivity contribution is 14.1. The van der Waals surface area contributed by atoms with Crippen molar-refractivity contribution in [3.05, 3.63) is 57.2 Å². The molecule has 1 N–H and O–H groups in total. The van der Waals surface area contributed by atoms with E-state index in [1.807, 2.05) is 12.1 Å². The van der Waals surface area contributed by atoms with Gasteiger partial charge in [0.2, 0.25) is 0 Å². The van der Waals surface area contributed by atoms with E-state index in [9.17, 15) is 9.59 Å². The number of rotatable bonds is 2. The average Bonchev–Trinajstić information content (AvgIpc) is 2.46. The van der Waals surface area contributed by atoms with Gasteiger partial charge in [0.1, 0.15) is 5.75 Å². The summed E-state index contributed by atoms with van der Waals surface area (Å²) in [5.41, 5.74) is 1.68. The Morgan fingerprint density at radius 2 is 1.80 bits per heavy atom. The van der Waals surface area contributed by atoms with E-state index in [1.54, 1.807) is 30.3 Å². The van der Waals surface area contributed by atoms with Crippen molar-refractivity contribution in [1.82, 2.24) is 0 Å². The lowest BCUT2D eigenvalue weighted by atomic mass is 10.0. The molecule has 4 nitrogen and oxygen atoms in total. The van der Waals surface area contributed by atoms with Crippen molar-refractivity contribution < 1.29 is 14.3 Å². The summed E-state index contributed by atoms with van der Waals surface area (Å²) in [4.78, 5) is 23.7. The van der Waals surface area contributed by atoms with Crippen molar-refractivity contribution >= 4 is 40.0 Å². The van der Waals surface area contributed by atoms with Gasteiger partial charge in [-0.2, -0.15) is 0 Å². The van der Waals surface area contributed by atoms with E-state index in [4.69, 9.17) is 4.74 Å². The predicted octanol–water partition coefficient (Wildman–Crippen LogP) is 2.85. The van der Waals surface area contributed by atoms with Crippen molar-refractivity contribution in [2.24, 2.45) is 0 Å². The van der Waals surface area contributed by atoms with Crippen molar-refractivity contribution in [1.29, 1.82) is 0 Å². The SMILES string of the molecule is O=C1COc2ccc(C(=O)c3ccc(I)cc3)cc2N1. The van der Waals surface area contributed by atoms with Gasteiger partial charge in [-0.3, -0.25) is 9.59 Å². The number of carbonyl (C=O) groups is 2. The molecular weight excluding hydrogens is 369 g/mol. The zero-order chi connectivity index (χ0) is 14.1. The van der Waals surface area contributed by atoms with Crippen LogP contribution in [0.25, 0.3) is 0 Å². The van der Waals surface area contributed by atoms with Crippen LogP contribution in [0, 0.1) is 3.57 Å². The fourth-order valence-electron chi connectivity index (χ4n) is 1.99. The first-order valence-corrected chi connectivity index (χ1v) is 7.08. The van der Waals surface area contributed by atoms with Crippen LogP contribution in [0.4, 0.5) is 5.69 Å². The lowest BCUT2D eigenvalue weighted by Gasteiger charge is -2.18. The summed E-state index contributed by atoms with van der Waals surface area (Å²) in [6, 6.07) is 12.4. The topological polar surface area (TPSA) is 55.4 Å². The lowest BCUT2D eigenvalue weighted by Crippen LogP contribution is -2.25. The van der Waals surface area contributed by atoms with Crippen molar-refractivity contribution in [3.63, 3.8) is 0 Å². The number of nitrogens with one attached hydrogen (secondary N) is 1. The number of anilines is 1. The number of hydrogen-bond donors (Lipinski definition) is 1. The molecule has 0 bridgehead atoms. The van der Waals surface area contributed by atoms with Crippen molar-refractivity contribution in [2.75, 3.05) is 11.9 Å². The minimum Gasteiger partial charge on any atom is -0.482 e. The Morgan fingerprint density at radius 3 is 2.55 bits per heavy atom. The summed E-state index contributed by atoms with van der Waals surface area (Å²) in [6.45, 7) is 0.0113. The number of fused-ring (bicyclic) bond motifs is 1. The second-order valence-corrected chi connectivity index (χ2v) is 5.63. The molecule has 0 saturated heterocycles. The molecule has 1 amide bonds. The Bertz CT molecular complexity index is 695. The van der Waals surface area contributed by atoms with E-state index in [1.165, 1.54) is 0 Å². The zero-order valence-corrected chi connectivity index (χ0v) is 12.5. The van der Waals surface area contributed by atoms with E-state index < -0.39 is 0 Å². The fourth-order valence-corrected chi connectivity index (χ4v) is 2.35. The second-order valence-electron chi connectivity index (χ2n) is 4.38. The number of benzene rings is 2. The molecular formula is C15H10INO3. The molecule has 3 rings (SSSR count). The van der Waals surface area contributed by atoms with Gasteiger partial charge in [-0.15, -0.1) is 0 Å².